The average Bonchev–Trinajstić information content (AvgIpc) is 3.10. The van der Waals surface area contributed by atoms with Crippen LogP contribution in [0.5, 0.6) is 11.6 Å². The molecule has 0 unspecified atom stereocenters. The predicted molar refractivity (Wildman–Crippen MR) is 96.2 cm³/mol. The van der Waals surface area contributed by atoms with E-state index < -0.39 is 35.4 Å². The number of carboxylic acids is 1. The minimum absolute atomic E-state index is 0.0158. The van der Waals surface area contributed by atoms with Gasteiger partial charge in [0.25, 0.3) is 5.88 Å². The van der Waals surface area contributed by atoms with Crippen LogP contribution < -0.4 is 16.2 Å². The molecule has 0 bridgehead atoms. The lowest BCUT2D eigenvalue weighted by Gasteiger charge is -2.08. The summed E-state index contributed by atoms with van der Waals surface area (Å²) >= 11 is 0. The van der Waals surface area contributed by atoms with Gasteiger partial charge in [-0.1, -0.05) is 0 Å². The molecule has 0 aliphatic rings. The van der Waals surface area contributed by atoms with Crippen molar-refractivity contribution < 1.29 is 28.2 Å². The Morgan fingerprint density at radius 2 is 2.00 bits per heavy atom. The van der Waals surface area contributed by atoms with Gasteiger partial charge in [0.05, 0.1) is 24.1 Å². The number of hydrogen-bond donors (Lipinski definition) is 3. The highest BCUT2D eigenvalue weighted by molar-refractivity contribution is 5.92. The lowest BCUT2D eigenvalue weighted by atomic mass is 10.2. The molecule has 13 heteroatoms. The Balaban J connectivity index is 1.74. The first kappa shape index (κ1) is 20.7. The molecule has 156 valence electrons. The molecule has 1 aromatic carbocycles. The summed E-state index contributed by atoms with van der Waals surface area (Å²) in [6.45, 7) is -0.0195. The third-order valence-corrected chi connectivity index (χ3v) is 3.78. The highest BCUT2D eigenvalue weighted by atomic mass is 19.1. The van der Waals surface area contributed by atoms with Crippen molar-refractivity contribution in [3.8, 4) is 23.0 Å². The molecule has 11 nitrogen and oxygen atoms in total. The van der Waals surface area contributed by atoms with E-state index in [-0.39, 0.29) is 35.7 Å². The van der Waals surface area contributed by atoms with Crippen molar-refractivity contribution in [1.82, 2.24) is 25.2 Å². The van der Waals surface area contributed by atoms with Crippen LogP contribution in [0.25, 0.3) is 11.4 Å². The van der Waals surface area contributed by atoms with E-state index in [1.807, 2.05) is 0 Å². The Labute approximate surface area is 167 Å². The van der Waals surface area contributed by atoms with Crippen molar-refractivity contribution in [3.05, 3.63) is 47.7 Å². The molecule has 30 heavy (non-hydrogen) atoms. The number of carboxylic acid groups (broad SMARTS) is 1. The highest BCUT2D eigenvalue weighted by Gasteiger charge is 2.16. The molecule has 1 amide bonds. The minimum atomic E-state index is -1.07. The van der Waals surface area contributed by atoms with Gasteiger partial charge in [-0.2, -0.15) is 4.80 Å². The van der Waals surface area contributed by atoms with E-state index in [4.69, 9.17) is 21.3 Å². The molecule has 0 radical (unpaired) electrons. The number of hydrogen-bond acceptors (Lipinski definition) is 8. The summed E-state index contributed by atoms with van der Waals surface area (Å²) in [4.78, 5) is 26.4. The molecule has 2 aromatic heterocycles. The maximum atomic E-state index is 14.5. The van der Waals surface area contributed by atoms with Crippen LogP contribution in [0.15, 0.2) is 30.5 Å². The van der Waals surface area contributed by atoms with Crippen LogP contribution in [0, 0.1) is 11.6 Å². The van der Waals surface area contributed by atoms with E-state index in [0.29, 0.717) is 0 Å². The molecule has 1 atom stereocenters. The van der Waals surface area contributed by atoms with E-state index in [1.54, 1.807) is 0 Å². The molecule has 3 rings (SSSR count). The molecule has 5 N–H and O–H groups in total. The van der Waals surface area contributed by atoms with E-state index in [1.165, 1.54) is 12.1 Å². The summed E-state index contributed by atoms with van der Waals surface area (Å²) < 4.78 is 33.6. The number of nitrogens with zero attached hydrogens (tertiary/aromatic N) is 5. The fourth-order valence-corrected chi connectivity index (χ4v) is 2.41. The van der Waals surface area contributed by atoms with Gasteiger partial charge in [-0.05, 0) is 23.4 Å². The maximum Gasteiger partial charge on any atom is 0.304 e. The van der Waals surface area contributed by atoms with Gasteiger partial charge in [-0.25, -0.2) is 13.8 Å². The number of aliphatic carboxylic acids is 1. The maximum absolute atomic E-state index is 14.5. The number of pyridine rings is 1. The number of halogens is 2. The summed E-state index contributed by atoms with van der Waals surface area (Å²) in [5, 5.41) is 20.1. The summed E-state index contributed by atoms with van der Waals surface area (Å²) in [5.41, 5.74) is 10.5. The second kappa shape index (κ2) is 8.57. The average molecular weight is 419 g/mol. The van der Waals surface area contributed by atoms with Gasteiger partial charge in [-0.3, -0.25) is 9.59 Å². The lowest BCUT2D eigenvalue weighted by Crippen LogP contribution is -2.30. The Morgan fingerprint density at radius 3 is 2.63 bits per heavy atom. The van der Waals surface area contributed by atoms with Gasteiger partial charge < -0.3 is 21.3 Å². The zero-order chi connectivity index (χ0) is 21.8. The van der Waals surface area contributed by atoms with Crippen molar-refractivity contribution in [3.63, 3.8) is 0 Å². The van der Waals surface area contributed by atoms with Crippen molar-refractivity contribution in [1.29, 1.82) is 0 Å². The van der Waals surface area contributed by atoms with Crippen LogP contribution in [-0.2, 0) is 11.3 Å². The molecule has 0 spiro atoms. The van der Waals surface area contributed by atoms with Crippen molar-refractivity contribution >= 4 is 11.9 Å². The van der Waals surface area contributed by atoms with Crippen LogP contribution in [0.2, 0.25) is 0 Å². The molecule has 3 aromatic rings. The van der Waals surface area contributed by atoms with Gasteiger partial charge in [-0.15, -0.1) is 10.2 Å². The van der Waals surface area contributed by atoms with E-state index in [2.05, 4.69) is 20.4 Å². The summed E-state index contributed by atoms with van der Waals surface area (Å²) in [5.74, 6) is -4.24. The van der Waals surface area contributed by atoms with Crippen molar-refractivity contribution in [2.24, 2.45) is 11.5 Å². The highest BCUT2D eigenvalue weighted by Crippen LogP contribution is 2.27. The first-order valence-corrected chi connectivity index (χ1v) is 8.41. The molecular weight excluding hydrogens is 404 g/mol. The number of primary amides is 1. The quantitative estimate of drug-likeness (QED) is 0.475. The zero-order valence-corrected chi connectivity index (χ0v) is 15.2. The number of benzene rings is 1. The van der Waals surface area contributed by atoms with Crippen LogP contribution in [0.4, 0.5) is 8.78 Å². The van der Waals surface area contributed by atoms with Crippen LogP contribution in [0.1, 0.15) is 16.8 Å². The number of tetrazole rings is 1. The number of ether oxygens (including phenoxy) is 1. The summed E-state index contributed by atoms with van der Waals surface area (Å²) in [6, 6.07) is 3.70. The Hall–Kier alpha value is -4.00. The zero-order valence-electron chi connectivity index (χ0n) is 15.2. The van der Waals surface area contributed by atoms with Crippen LogP contribution in [-0.4, -0.2) is 48.2 Å². The van der Waals surface area contributed by atoms with E-state index in [9.17, 15) is 18.4 Å². The number of carbonyl (C=O) groups excluding carboxylic acids is 1. The number of aromatic nitrogens is 5. The molecule has 0 fully saturated rings. The van der Waals surface area contributed by atoms with E-state index >= 15 is 0 Å². The van der Waals surface area contributed by atoms with Crippen LogP contribution in [0.3, 0.4) is 0 Å². The molecule has 0 saturated carbocycles. The largest absolute Gasteiger partial charge is 0.481 e. The normalized spacial score (nSPS) is 11.8. The topological polar surface area (TPSA) is 172 Å². The molecule has 2 heterocycles. The minimum Gasteiger partial charge on any atom is -0.481 e. The van der Waals surface area contributed by atoms with Crippen molar-refractivity contribution in [2.45, 2.75) is 19.0 Å². The van der Waals surface area contributed by atoms with Gasteiger partial charge in [0.1, 0.15) is 11.6 Å². The monoisotopic (exact) mass is 419 g/mol. The Bertz CT molecular complexity index is 1110. The molecule has 0 aliphatic heterocycles. The number of nitrogens with two attached hydrogens (primary N) is 2. The van der Waals surface area contributed by atoms with Gasteiger partial charge in [0.2, 0.25) is 11.7 Å². The summed E-state index contributed by atoms with van der Waals surface area (Å²) in [6.07, 6.45) is 0.741. The number of rotatable bonds is 8. The lowest BCUT2D eigenvalue weighted by molar-refractivity contribution is -0.137. The van der Waals surface area contributed by atoms with Gasteiger partial charge >= 0.3 is 5.97 Å². The standard InChI is InChI=1S/C17H15F2N7O4/c18-12-5-10(30-17-13(19)3-8(6-22-17)15(21)29)1-2-11(12)16-23-25-26(24-16)7-9(20)4-14(27)28/h1-3,5-6,9H,4,7,20H2,(H2,21,29)(H,27,28)/t9-/m0/s1. The second-order valence-corrected chi connectivity index (χ2v) is 6.14. The fourth-order valence-electron chi connectivity index (χ4n) is 2.41. The van der Waals surface area contributed by atoms with Crippen molar-refractivity contribution in [2.75, 3.05) is 0 Å². The third kappa shape index (κ3) is 4.88. The molecule has 0 aliphatic carbocycles. The molecule has 0 saturated heterocycles. The Kier molecular flexibility index (Phi) is 5.92. The second-order valence-electron chi connectivity index (χ2n) is 6.14. The SMILES string of the molecule is NC(=O)c1cnc(Oc2ccc(-c3nnn(C[C@@H](N)CC(=O)O)n3)c(F)c2)c(F)c1. The van der Waals surface area contributed by atoms with Crippen LogP contribution >= 0.6 is 0 Å². The number of amides is 1. The third-order valence-electron chi connectivity index (χ3n) is 3.78. The smallest absolute Gasteiger partial charge is 0.304 e. The molecular formula is C17H15F2N7O4. The number of carbonyl (C=O) groups is 2. The predicted octanol–water partition coefficient (Wildman–Crippen LogP) is 0.706. The summed E-state index contributed by atoms with van der Waals surface area (Å²) in [7, 11) is 0. The Morgan fingerprint density at radius 1 is 1.23 bits per heavy atom. The first-order chi connectivity index (χ1) is 14.2. The first-order valence-electron chi connectivity index (χ1n) is 8.41. The fraction of sp³-hybridized carbons (Fsp3) is 0.176. The van der Waals surface area contributed by atoms with E-state index in [0.717, 1.165) is 23.1 Å². The van der Waals surface area contributed by atoms with Gasteiger partial charge in [0, 0.05) is 18.3 Å². The van der Waals surface area contributed by atoms with Gasteiger partial charge in [0.15, 0.2) is 5.82 Å².